The Hall–Kier alpha value is -3.80. The fraction of sp³-hybridized carbons (Fsp3) is 0.200. The Morgan fingerprint density at radius 1 is 0.903 bits per heavy atom. The lowest BCUT2D eigenvalue weighted by atomic mass is 10.1. The van der Waals surface area contributed by atoms with Crippen LogP contribution in [0.2, 0.25) is 0 Å². The Morgan fingerprint density at radius 3 is 2.45 bits per heavy atom. The van der Waals surface area contributed by atoms with E-state index in [0.717, 1.165) is 11.3 Å². The first kappa shape index (κ1) is 20.5. The van der Waals surface area contributed by atoms with E-state index in [-0.39, 0.29) is 24.3 Å². The monoisotopic (exact) mass is 416 g/mol. The standard InChI is InChI=1S/C25H24N2O4/c1-17-11-13-20(27-25(29)18-7-3-2-4-8-18)21(15-17)26-24(28)14-12-19-16-30-22-9-5-6-10-23(22)31-19/h2-11,13,15,19H,12,14,16H2,1H3,(H,26,28)(H,27,29). The summed E-state index contributed by atoms with van der Waals surface area (Å²) < 4.78 is 11.6. The van der Waals surface area contributed by atoms with Gasteiger partial charge < -0.3 is 20.1 Å². The number of carbonyl (C=O) groups is 2. The maximum absolute atomic E-state index is 12.6. The average molecular weight is 416 g/mol. The number of ether oxygens (including phenoxy) is 2. The Kier molecular flexibility index (Phi) is 6.17. The fourth-order valence-electron chi connectivity index (χ4n) is 3.36. The third-order valence-electron chi connectivity index (χ3n) is 4.99. The van der Waals surface area contributed by atoms with Gasteiger partial charge in [0, 0.05) is 12.0 Å². The van der Waals surface area contributed by atoms with Crippen LogP contribution in [-0.2, 0) is 4.79 Å². The van der Waals surface area contributed by atoms with Crippen molar-refractivity contribution >= 4 is 23.2 Å². The first-order chi connectivity index (χ1) is 15.1. The van der Waals surface area contributed by atoms with E-state index in [2.05, 4.69) is 10.6 Å². The molecule has 0 radical (unpaired) electrons. The molecule has 0 saturated carbocycles. The molecule has 31 heavy (non-hydrogen) atoms. The molecule has 0 bridgehead atoms. The van der Waals surface area contributed by atoms with Crippen LogP contribution in [0.15, 0.2) is 72.8 Å². The minimum Gasteiger partial charge on any atom is -0.486 e. The molecule has 0 spiro atoms. The molecule has 6 heteroatoms. The zero-order chi connectivity index (χ0) is 21.6. The molecule has 1 heterocycles. The van der Waals surface area contributed by atoms with Crippen LogP contribution >= 0.6 is 0 Å². The minimum atomic E-state index is -0.230. The van der Waals surface area contributed by atoms with Gasteiger partial charge in [0.25, 0.3) is 5.91 Å². The second-order valence-electron chi connectivity index (χ2n) is 7.45. The number of benzene rings is 3. The van der Waals surface area contributed by atoms with Crippen LogP contribution in [0.3, 0.4) is 0 Å². The highest BCUT2D eigenvalue weighted by Gasteiger charge is 2.21. The highest BCUT2D eigenvalue weighted by atomic mass is 16.6. The molecule has 3 aromatic rings. The number of anilines is 2. The van der Waals surface area contributed by atoms with Gasteiger partial charge in [0.1, 0.15) is 12.7 Å². The lowest BCUT2D eigenvalue weighted by Crippen LogP contribution is -2.30. The van der Waals surface area contributed by atoms with Crippen LogP contribution in [0.4, 0.5) is 11.4 Å². The van der Waals surface area contributed by atoms with Gasteiger partial charge in [-0.25, -0.2) is 0 Å². The second-order valence-corrected chi connectivity index (χ2v) is 7.45. The Balaban J connectivity index is 1.37. The van der Waals surface area contributed by atoms with Crippen molar-refractivity contribution in [2.24, 2.45) is 0 Å². The van der Waals surface area contributed by atoms with Crippen LogP contribution in [0.25, 0.3) is 0 Å². The minimum absolute atomic E-state index is 0.150. The maximum atomic E-state index is 12.6. The van der Waals surface area contributed by atoms with Gasteiger partial charge in [-0.2, -0.15) is 0 Å². The largest absolute Gasteiger partial charge is 0.486 e. The lowest BCUT2D eigenvalue weighted by Gasteiger charge is -2.26. The lowest BCUT2D eigenvalue weighted by molar-refractivity contribution is -0.116. The Morgan fingerprint density at radius 2 is 1.65 bits per heavy atom. The molecule has 3 aromatic carbocycles. The summed E-state index contributed by atoms with van der Waals surface area (Å²) in [4.78, 5) is 25.1. The number of carbonyl (C=O) groups excluding carboxylic acids is 2. The summed E-state index contributed by atoms with van der Waals surface area (Å²) in [7, 11) is 0. The summed E-state index contributed by atoms with van der Waals surface area (Å²) in [5, 5.41) is 5.79. The van der Waals surface area contributed by atoms with Gasteiger partial charge in [-0.15, -0.1) is 0 Å². The number of nitrogens with one attached hydrogen (secondary N) is 2. The van der Waals surface area contributed by atoms with Crippen molar-refractivity contribution in [3.05, 3.63) is 83.9 Å². The van der Waals surface area contributed by atoms with Crippen LogP contribution in [0.1, 0.15) is 28.8 Å². The van der Waals surface area contributed by atoms with Crippen molar-refractivity contribution in [2.75, 3.05) is 17.2 Å². The van der Waals surface area contributed by atoms with Crippen molar-refractivity contribution in [3.63, 3.8) is 0 Å². The van der Waals surface area contributed by atoms with E-state index >= 15 is 0 Å². The molecule has 0 fully saturated rings. The van der Waals surface area contributed by atoms with Crippen LogP contribution in [-0.4, -0.2) is 24.5 Å². The van der Waals surface area contributed by atoms with Gasteiger partial charge in [-0.1, -0.05) is 36.4 Å². The molecule has 158 valence electrons. The Bertz CT molecular complexity index is 1080. The van der Waals surface area contributed by atoms with E-state index < -0.39 is 0 Å². The first-order valence-electron chi connectivity index (χ1n) is 10.2. The third-order valence-corrected chi connectivity index (χ3v) is 4.99. The Labute approximate surface area is 181 Å². The molecule has 1 aliphatic rings. The van der Waals surface area contributed by atoms with Gasteiger partial charge in [-0.3, -0.25) is 9.59 Å². The highest BCUT2D eigenvalue weighted by Crippen LogP contribution is 2.32. The van der Waals surface area contributed by atoms with E-state index in [9.17, 15) is 9.59 Å². The predicted molar refractivity (Wildman–Crippen MR) is 120 cm³/mol. The molecule has 0 aliphatic carbocycles. The van der Waals surface area contributed by atoms with Gasteiger partial charge in [0.15, 0.2) is 11.5 Å². The van der Waals surface area contributed by atoms with Gasteiger partial charge in [0.05, 0.1) is 11.4 Å². The van der Waals surface area contributed by atoms with Gasteiger partial charge >= 0.3 is 0 Å². The number of hydrogen-bond donors (Lipinski definition) is 2. The number of rotatable bonds is 6. The van der Waals surface area contributed by atoms with Crippen molar-refractivity contribution in [3.8, 4) is 11.5 Å². The van der Waals surface area contributed by atoms with Crippen LogP contribution in [0, 0.1) is 6.92 Å². The van der Waals surface area contributed by atoms with Crippen molar-refractivity contribution in [2.45, 2.75) is 25.9 Å². The number of para-hydroxylation sites is 2. The summed E-state index contributed by atoms with van der Waals surface area (Å²) in [6.07, 6.45) is 0.615. The summed E-state index contributed by atoms with van der Waals surface area (Å²) in [6, 6.07) is 22.0. The molecule has 1 aliphatic heterocycles. The quantitative estimate of drug-likeness (QED) is 0.605. The molecule has 1 unspecified atom stereocenters. The number of amides is 2. The number of hydrogen-bond acceptors (Lipinski definition) is 4. The van der Waals surface area contributed by atoms with E-state index in [0.29, 0.717) is 35.7 Å². The normalized spacial score (nSPS) is 14.5. The highest BCUT2D eigenvalue weighted by molar-refractivity contribution is 6.07. The average Bonchev–Trinajstić information content (AvgIpc) is 2.80. The molecule has 0 saturated heterocycles. The summed E-state index contributed by atoms with van der Waals surface area (Å²) in [6.45, 7) is 2.34. The maximum Gasteiger partial charge on any atom is 0.255 e. The zero-order valence-corrected chi connectivity index (χ0v) is 17.3. The SMILES string of the molecule is Cc1ccc(NC(=O)c2ccccc2)c(NC(=O)CCC2COc3ccccc3O2)c1. The van der Waals surface area contributed by atoms with Crippen LogP contribution in [0.5, 0.6) is 11.5 Å². The molecule has 2 amide bonds. The van der Waals surface area contributed by atoms with Gasteiger partial charge in [-0.05, 0) is 55.3 Å². The van der Waals surface area contributed by atoms with Crippen LogP contribution < -0.4 is 20.1 Å². The van der Waals surface area contributed by atoms with E-state index in [1.807, 2.05) is 61.5 Å². The molecule has 0 aromatic heterocycles. The van der Waals surface area contributed by atoms with Crippen molar-refractivity contribution < 1.29 is 19.1 Å². The molecular weight excluding hydrogens is 392 g/mol. The summed E-state index contributed by atoms with van der Waals surface area (Å²) >= 11 is 0. The zero-order valence-electron chi connectivity index (χ0n) is 17.3. The van der Waals surface area contributed by atoms with E-state index in [1.54, 1.807) is 18.2 Å². The summed E-state index contributed by atoms with van der Waals surface area (Å²) in [5.74, 6) is 1.04. The van der Waals surface area contributed by atoms with Crippen molar-refractivity contribution in [1.29, 1.82) is 0 Å². The van der Waals surface area contributed by atoms with Gasteiger partial charge in [0.2, 0.25) is 5.91 Å². The van der Waals surface area contributed by atoms with E-state index in [1.165, 1.54) is 0 Å². The fourth-order valence-corrected chi connectivity index (χ4v) is 3.36. The molecule has 6 nitrogen and oxygen atoms in total. The predicted octanol–water partition coefficient (Wildman–Crippen LogP) is 4.81. The smallest absolute Gasteiger partial charge is 0.255 e. The molecule has 4 rings (SSSR count). The van der Waals surface area contributed by atoms with Crippen molar-refractivity contribution in [1.82, 2.24) is 0 Å². The third kappa shape index (κ3) is 5.22. The molecule has 2 N–H and O–H groups in total. The topological polar surface area (TPSA) is 76.7 Å². The van der Waals surface area contributed by atoms with E-state index in [4.69, 9.17) is 9.47 Å². The number of aryl methyl sites for hydroxylation is 1. The first-order valence-corrected chi connectivity index (χ1v) is 10.2. The molecular formula is C25H24N2O4. The number of fused-ring (bicyclic) bond motifs is 1. The summed E-state index contributed by atoms with van der Waals surface area (Å²) in [5.41, 5.74) is 2.66. The second kappa shape index (κ2) is 9.34. The molecule has 1 atom stereocenters.